The van der Waals surface area contributed by atoms with E-state index in [1.54, 1.807) is 0 Å². The van der Waals surface area contributed by atoms with Crippen LogP contribution < -0.4 is 0 Å². The molecule has 6 rings (SSSR count). The molecular weight excluding hydrogens is 310 g/mol. The largest absolute Gasteiger partial charge is 0.388 e. The van der Waals surface area contributed by atoms with Crippen LogP contribution in [0.3, 0.4) is 0 Å². The zero-order valence-corrected chi connectivity index (χ0v) is 15.7. The first-order chi connectivity index (χ1) is 12.0. The Morgan fingerprint density at radius 1 is 1.16 bits per heavy atom. The van der Waals surface area contributed by atoms with Gasteiger partial charge in [0.05, 0.1) is 12.7 Å². The van der Waals surface area contributed by atoms with Gasteiger partial charge in [-0.25, -0.2) is 0 Å². The van der Waals surface area contributed by atoms with Gasteiger partial charge in [-0.2, -0.15) is 0 Å². The van der Waals surface area contributed by atoms with Crippen molar-refractivity contribution in [2.45, 2.75) is 70.6 Å². The monoisotopic (exact) mass is 343 g/mol. The van der Waals surface area contributed by atoms with Crippen LogP contribution in [0.4, 0.5) is 0 Å². The molecule has 4 saturated carbocycles. The van der Waals surface area contributed by atoms with Gasteiger partial charge in [0.1, 0.15) is 6.23 Å². The fraction of sp³-hybridized carbons (Fsp3) is 0.909. The average Bonchev–Trinajstić information content (AvgIpc) is 3.12. The molecule has 4 bridgehead atoms. The molecule has 2 saturated heterocycles. The van der Waals surface area contributed by atoms with Crippen molar-refractivity contribution in [3.8, 4) is 0 Å². The summed E-state index contributed by atoms with van der Waals surface area (Å²) in [6.07, 6.45) is 10.4. The molecule has 3 nitrogen and oxygen atoms in total. The minimum atomic E-state index is -0.259. The Hall–Kier alpha value is -0.380. The van der Waals surface area contributed by atoms with E-state index in [4.69, 9.17) is 4.74 Å². The molecule has 3 heteroatoms. The van der Waals surface area contributed by atoms with Crippen LogP contribution in [0.15, 0.2) is 12.2 Å². The summed E-state index contributed by atoms with van der Waals surface area (Å²) in [7, 11) is 0. The smallest absolute Gasteiger partial charge is 0.117 e. The van der Waals surface area contributed by atoms with Gasteiger partial charge < -0.3 is 9.84 Å². The summed E-state index contributed by atoms with van der Waals surface area (Å²) in [6, 6.07) is 0. The van der Waals surface area contributed by atoms with E-state index in [-0.39, 0.29) is 16.9 Å². The summed E-state index contributed by atoms with van der Waals surface area (Å²) < 4.78 is 6.48. The van der Waals surface area contributed by atoms with Crippen molar-refractivity contribution >= 4 is 0 Å². The van der Waals surface area contributed by atoms with Crippen LogP contribution in [0.1, 0.15) is 58.3 Å². The summed E-state index contributed by atoms with van der Waals surface area (Å²) in [5, 5.41) is 11.3. The van der Waals surface area contributed by atoms with Gasteiger partial charge in [0.25, 0.3) is 0 Å². The van der Waals surface area contributed by atoms with E-state index < -0.39 is 0 Å². The van der Waals surface area contributed by atoms with E-state index in [9.17, 15) is 5.11 Å². The predicted octanol–water partition coefficient (Wildman–Crippen LogP) is 3.58. The highest BCUT2D eigenvalue weighted by atomic mass is 16.5. The number of aliphatic hydroxyl groups is 1. The number of fused-ring (bicyclic) bond motifs is 2. The summed E-state index contributed by atoms with van der Waals surface area (Å²) in [6.45, 7) is 10.2. The van der Waals surface area contributed by atoms with E-state index in [1.807, 2.05) is 0 Å². The summed E-state index contributed by atoms with van der Waals surface area (Å²) in [5.41, 5.74) is 2.03. The van der Waals surface area contributed by atoms with E-state index in [0.29, 0.717) is 23.5 Å². The zero-order valence-electron chi connectivity index (χ0n) is 15.7. The number of aliphatic hydroxyl groups excluding tert-OH is 1. The quantitative estimate of drug-likeness (QED) is 0.683. The molecule has 0 aromatic rings. The minimum absolute atomic E-state index is 0.115. The molecule has 1 N–H and O–H groups in total. The molecule has 0 amide bonds. The maximum absolute atomic E-state index is 11.3. The Balaban J connectivity index is 1.53. The molecular formula is C22H33NO2. The average molecular weight is 344 g/mol. The predicted molar refractivity (Wildman–Crippen MR) is 96.8 cm³/mol. The third-order valence-corrected chi connectivity index (χ3v) is 9.95. The van der Waals surface area contributed by atoms with E-state index >= 15 is 0 Å². The maximum Gasteiger partial charge on any atom is 0.117 e. The van der Waals surface area contributed by atoms with E-state index in [2.05, 4.69) is 18.4 Å². The van der Waals surface area contributed by atoms with Gasteiger partial charge in [0, 0.05) is 23.9 Å². The zero-order chi connectivity index (χ0) is 17.0. The van der Waals surface area contributed by atoms with Gasteiger partial charge in [-0.3, -0.25) is 4.90 Å². The van der Waals surface area contributed by atoms with Crippen LogP contribution in [0, 0.1) is 34.0 Å². The number of piperidine rings is 1. The first-order valence-electron chi connectivity index (χ1n) is 10.7. The van der Waals surface area contributed by atoms with Gasteiger partial charge in [-0.1, -0.05) is 19.9 Å². The lowest BCUT2D eigenvalue weighted by Crippen LogP contribution is -2.71. The number of nitrogens with zero attached hydrogens (tertiary/aromatic N) is 1. The second-order valence-electron chi connectivity index (χ2n) is 10.6. The second kappa shape index (κ2) is 4.72. The fourth-order valence-electron chi connectivity index (χ4n) is 9.31. The van der Waals surface area contributed by atoms with Crippen LogP contribution in [0.25, 0.3) is 0 Å². The summed E-state index contributed by atoms with van der Waals surface area (Å²) in [4.78, 5) is 2.69. The third kappa shape index (κ3) is 1.62. The number of rotatable bonds is 0. The molecule has 4 aliphatic carbocycles. The van der Waals surface area contributed by atoms with Crippen molar-refractivity contribution in [2.24, 2.45) is 34.0 Å². The molecule has 0 radical (unpaired) electrons. The molecule has 1 spiro atoms. The number of ether oxygens (including phenoxy) is 1. The highest BCUT2D eigenvalue weighted by molar-refractivity contribution is 5.29. The Morgan fingerprint density at radius 3 is 2.92 bits per heavy atom. The van der Waals surface area contributed by atoms with Crippen LogP contribution in [-0.4, -0.2) is 42.0 Å². The number of hydrogen-bond donors (Lipinski definition) is 1. The molecule has 138 valence electrons. The SMILES string of the molecule is C=C1[C@@H]2CC[C@@H]3[C@@](CC[C@@H]4[C@]5(C)CCC[C@]43[C@H]3OCCN3C5)(C2)[C@@H]1O. The highest BCUT2D eigenvalue weighted by Gasteiger charge is 2.73. The lowest BCUT2D eigenvalue weighted by atomic mass is 9.38. The minimum Gasteiger partial charge on any atom is -0.388 e. The molecule has 6 fully saturated rings. The molecule has 6 aliphatic rings. The Bertz CT molecular complexity index is 634. The van der Waals surface area contributed by atoms with Crippen molar-refractivity contribution in [3.05, 3.63) is 12.2 Å². The molecule has 25 heavy (non-hydrogen) atoms. The van der Waals surface area contributed by atoms with Gasteiger partial charge in [0.15, 0.2) is 0 Å². The van der Waals surface area contributed by atoms with Crippen molar-refractivity contribution in [1.29, 1.82) is 0 Å². The molecule has 8 atom stereocenters. The molecule has 0 unspecified atom stereocenters. The van der Waals surface area contributed by atoms with Crippen molar-refractivity contribution < 1.29 is 9.84 Å². The Morgan fingerprint density at radius 2 is 2.04 bits per heavy atom. The lowest BCUT2D eigenvalue weighted by Gasteiger charge is -2.70. The number of hydrogen-bond acceptors (Lipinski definition) is 3. The van der Waals surface area contributed by atoms with Crippen molar-refractivity contribution in [3.63, 3.8) is 0 Å². The molecule has 0 aromatic heterocycles. The maximum atomic E-state index is 11.3. The van der Waals surface area contributed by atoms with Crippen LogP contribution in [0.2, 0.25) is 0 Å². The van der Waals surface area contributed by atoms with Crippen LogP contribution in [-0.2, 0) is 4.74 Å². The summed E-state index contributed by atoms with van der Waals surface area (Å²) in [5.74, 6) is 2.01. The van der Waals surface area contributed by atoms with Crippen molar-refractivity contribution in [1.82, 2.24) is 4.90 Å². The van der Waals surface area contributed by atoms with Gasteiger partial charge >= 0.3 is 0 Å². The second-order valence-corrected chi connectivity index (χ2v) is 10.6. The first-order valence-corrected chi connectivity index (χ1v) is 10.7. The van der Waals surface area contributed by atoms with E-state index in [0.717, 1.165) is 24.6 Å². The van der Waals surface area contributed by atoms with Gasteiger partial charge in [-0.05, 0) is 73.7 Å². The normalized spacial score (nSPS) is 60.1. The first kappa shape index (κ1) is 15.7. The molecule has 2 aliphatic heterocycles. The Kier molecular flexibility index (Phi) is 2.95. The van der Waals surface area contributed by atoms with Crippen LogP contribution in [0.5, 0.6) is 0 Å². The molecule has 0 aromatic carbocycles. The van der Waals surface area contributed by atoms with Crippen LogP contribution >= 0.6 is 0 Å². The standard InChI is InChI=1S/C22H33NO2/c1-14-15-4-5-17-21(12-15,18(14)24)9-6-16-20(2)7-3-8-22(16,17)19-23(13-20)10-11-25-19/h15-19,24H,1,3-13H2,2H3/t15-,16-,17-,18-,19-,20-,21-,22+/m1/s1. The van der Waals surface area contributed by atoms with Crippen molar-refractivity contribution in [2.75, 3.05) is 19.7 Å². The van der Waals surface area contributed by atoms with E-state index in [1.165, 1.54) is 57.9 Å². The topological polar surface area (TPSA) is 32.7 Å². The van der Waals surface area contributed by atoms with Gasteiger partial charge in [0.2, 0.25) is 0 Å². The third-order valence-electron chi connectivity index (χ3n) is 9.95. The molecule has 2 heterocycles. The highest BCUT2D eigenvalue weighted by Crippen LogP contribution is 2.75. The fourth-order valence-corrected chi connectivity index (χ4v) is 9.31. The summed E-state index contributed by atoms with van der Waals surface area (Å²) >= 11 is 0. The Labute approximate surface area is 151 Å². The van der Waals surface area contributed by atoms with Gasteiger partial charge in [-0.15, -0.1) is 0 Å². The lowest BCUT2D eigenvalue weighted by molar-refractivity contribution is -0.276.